The van der Waals surface area contributed by atoms with Gasteiger partial charge < -0.3 is 0 Å². The van der Waals surface area contributed by atoms with Crippen LogP contribution < -0.4 is 0 Å². The second-order valence-corrected chi connectivity index (χ2v) is 7.43. The molecule has 0 nitrogen and oxygen atoms in total. The first kappa shape index (κ1) is 17.8. The molecule has 2 aromatic carbocycles. The average Bonchev–Trinajstić information content (AvgIpc) is 2.68. The van der Waals surface area contributed by atoms with Gasteiger partial charge >= 0.3 is 0 Å². The van der Waals surface area contributed by atoms with Gasteiger partial charge in [0.25, 0.3) is 0 Å². The van der Waals surface area contributed by atoms with Crippen LogP contribution in [-0.2, 0) is 6.42 Å². The summed E-state index contributed by atoms with van der Waals surface area (Å²) < 4.78 is 0. The van der Waals surface area contributed by atoms with Crippen molar-refractivity contribution in [3.05, 3.63) is 70.8 Å². The van der Waals surface area contributed by atoms with Crippen LogP contribution in [0.4, 0.5) is 0 Å². The Morgan fingerprint density at radius 2 is 1.32 bits per heavy atom. The highest BCUT2D eigenvalue weighted by molar-refractivity contribution is 5.44. The maximum absolute atomic E-state index is 3.30. The van der Waals surface area contributed by atoms with Gasteiger partial charge in [0.05, 0.1) is 0 Å². The summed E-state index contributed by atoms with van der Waals surface area (Å²) in [6.45, 7) is 4.49. The molecule has 1 fully saturated rings. The van der Waals surface area contributed by atoms with Gasteiger partial charge in [-0.15, -0.1) is 0 Å². The molecule has 1 aliphatic rings. The normalized spacial score (nSPS) is 19.9. The third-order valence-electron chi connectivity index (χ3n) is 5.64. The maximum atomic E-state index is 3.30. The molecule has 0 radical (unpaired) electrons. The van der Waals surface area contributed by atoms with Crippen LogP contribution in [0.3, 0.4) is 0 Å². The predicted octanol–water partition coefficient (Wildman–Crippen LogP) is 6.72. The van der Waals surface area contributed by atoms with Crippen LogP contribution in [-0.4, -0.2) is 0 Å². The molecule has 2 aromatic rings. The Labute approximate surface area is 153 Å². The van der Waals surface area contributed by atoms with E-state index in [0.29, 0.717) is 0 Å². The van der Waals surface area contributed by atoms with E-state index in [-0.39, 0.29) is 0 Å². The molecular formula is C25H30. The molecule has 3 rings (SSSR count). The average molecular weight is 331 g/mol. The van der Waals surface area contributed by atoms with Gasteiger partial charge in [-0.1, -0.05) is 62.8 Å². The second kappa shape index (κ2) is 8.91. The fraction of sp³-hybridized carbons (Fsp3) is 0.440. The first-order valence-corrected chi connectivity index (χ1v) is 9.99. The van der Waals surface area contributed by atoms with Crippen LogP contribution in [0.2, 0.25) is 0 Å². The van der Waals surface area contributed by atoms with Crippen molar-refractivity contribution in [2.45, 2.75) is 64.7 Å². The fourth-order valence-electron chi connectivity index (χ4n) is 4.00. The number of rotatable bonds is 4. The standard InChI is InChI=1S/C25H30/c1-3-5-21-12-16-24(17-13-21)25-18-14-23(15-19-25)11-10-22-8-6-20(4-2)7-9-22/h6-9,14-15,18-19,21,24H,3-5,12-13,16-17H2,1-2H3. The lowest BCUT2D eigenvalue weighted by molar-refractivity contribution is 0.308. The first-order chi connectivity index (χ1) is 12.3. The molecule has 25 heavy (non-hydrogen) atoms. The van der Waals surface area contributed by atoms with Gasteiger partial charge in [-0.25, -0.2) is 0 Å². The lowest BCUT2D eigenvalue weighted by atomic mass is 9.77. The topological polar surface area (TPSA) is 0 Å². The van der Waals surface area contributed by atoms with Gasteiger partial charge in [0.15, 0.2) is 0 Å². The number of benzene rings is 2. The third-order valence-corrected chi connectivity index (χ3v) is 5.64. The van der Waals surface area contributed by atoms with Crippen LogP contribution in [0.25, 0.3) is 0 Å². The summed E-state index contributed by atoms with van der Waals surface area (Å²) >= 11 is 0. The van der Waals surface area contributed by atoms with Gasteiger partial charge in [0.2, 0.25) is 0 Å². The first-order valence-electron chi connectivity index (χ1n) is 9.99. The Hall–Kier alpha value is -2.00. The molecule has 0 aliphatic heterocycles. The van der Waals surface area contributed by atoms with E-state index >= 15 is 0 Å². The predicted molar refractivity (Wildman–Crippen MR) is 108 cm³/mol. The van der Waals surface area contributed by atoms with E-state index in [9.17, 15) is 0 Å². The Bertz CT molecular complexity index is 701. The summed E-state index contributed by atoms with van der Waals surface area (Å²) in [5, 5.41) is 0. The Morgan fingerprint density at radius 3 is 1.84 bits per heavy atom. The van der Waals surface area contributed by atoms with Crippen molar-refractivity contribution in [1.29, 1.82) is 0 Å². The molecule has 0 spiro atoms. The highest BCUT2D eigenvalue weighted by Crippen LogP contribution is 2.37. The number of hydrogen-bond acceptors (Lipinski definition) is 0. The lowest BCUT2D eigenvalue weighted by Crippen LogP contribution is -2.13. The smallest absolute Gasteiger partial charge is 0.0249 e. The van der Waals surface area contributed by atoms with Crippen molar-refractivity contribution < 1.29 is 0 Å². The highest BCUT2D eigenvalue weighted by atomic mass is 14.3. The molecule has 0 unspecified atom stereocenters. The SMILES string of the molecule is CCCC1CCC(c2ccc(C#Cc3ccc(CC)cc3)cc2)CC1. The van der Waals surface area contributed by atoms with Crippen molar-refractivity contribution in [2.24, 2.45) is 5.92 Å². The van der Waals surface area contributed by atoms with Crippen LogP contribution in [0.5, 0.6) is 0 Å². The Balaban J connectivity index is 1.60. The van der Waals surface area contributed by atoms with Crippen molar-refractivity contribution in [1.82, 2.24) is 0 Å². The van der Waals surface area contributed by atoms with Crippen molar-refractivity contribution in [3.63, 3.8) is 0 Å². The molecule has 1 saturated carbocycles. The quantitative estimate of drug-likeness (QED) is 0.546. The second-order valence-electron chi connectivity index (χ2n) is 7.43. The van der Waals surface area contributed by atoms with Crippen LogP contribution in [0, 0.1) is 17.8 Å². The highest BCUT2D eigenvalue weighted by Gasteiger charge is 2.21. The van der Waals surface area contributed by atoms with Gasteiger partial charge in [0.1, 0.15) is 0 Å². The van der Waals surface area contributed by atoms with E-state index in [0.717, 1.165) is 29.4 Å². The van der Waals surface area contributed by atoms with Gasteiger partial charge in [-0.05, 0) is 79.3 Å². The van der Waals surface area contributed by atoms with E-state index in [2.05, 4.69) is 74.2 Å². The largest absolute Gasteiger partial charge is 0.0654 e. The Morgan fingerprint density at radius 1 is 0.760 bits per heavy atom. The van der Waals surface area contributed by atoms with E-state index < -0.39 is 0 Å². The summed E-state index contributed by atoms with van der Waals surface area (Å²) in [6.07, 6.45) is 9.38. The summed E-state index contributed by atoms with van der Waals surface area (Å²) in [5.41, 5.74) is 5.08. The fourth-order valence-corrected chi connectivity index (χ4v) is 4.00. The minimum atomic E-state index is 0.761. The monoisotopic (exact) mass is 330 g/mol. The van der Waals surface area contributed by atoms with Crippen molar-refractivity contribution in [2.75, 3.05) is 0 Å². The maximum Gasteiger partial charge on any atom is 0.0249 e. The number of aryl methyl sites for hydroxylation is 1. The summed E-state index contributed by atoms with van der Waals surface area (Å²) in [6, 6.07) is 17.6. The van der Waals surface area contributed by atoms with Gasteiger partial charge in [-0.2, -0.15) is 0 Å². The minimum absolute atomic E-state index is 0.761. The zero-order valence-electron chi connectivity index (χ0n) is 15.7. The Kier molecular flexibility index (Phi) is 6.35. The summed E-state index contributed by atoms with van der Waals surface area (Å²) in [4.78, 5) is 0. The molecule has 0 aromatic heterocycles. The number of hydrogen-bond donors (Lipinski definition) is 0. The molecule has 0 bridgehead atoms. The molecule has 0 saturated heterocycles. The van der Waals surface area contributed by atoms with E-state index in [1.165, 1.54) is 49.7 Å². The zero-order valence-corrected chi connectivity index (χ0v) is 15.7. The molecule has 0 heterocycles. The van der Waals surface area contributed by atoms with Gasteiger partial charge in [0, 0.05) is 11.1 Å². The van der Waals surface area contributed by atoms with E-state index in [4.69, 9.17) is 0 Å². The third kappa shape index (κ3) is 4.99. The lowest BCUT2D eigenvalue weighted by Gasteiger charge is -2.28. The molecule has 1 aliphatic carbocycles. The van der Waals surface area contributed by atoms with Crippen LogP contribution in [0.15, 0.2) is 48.5 Å². The zero-order chi connectivity index (χ0) is 17.5. The summed E-state index contributed by atoms with van der Waals surface area (Å²) in [7, 11) is 0. The molecule has 0 atom stereocenters. The van der Waals surface area contributed by atoms with Crippen molar-refractivity contribution >= 4 is 0 Å². The van der Waals surface area contributed by atoms with Crippen LogP contribution >= 0.6 is 0 Å². The summed E-state index contributed by atoms with van der Waals surface area (Å²) in [5.74, 6) is 8.32. The molecule has 0 heteroatoms. The minimum Gasteiger partial charge on any atom is -0.0654 e. The van der Waals surface area contributed by atoms with Crippen molar-refractivity contribution in [3.8, 4) is 11.8 Å². The van der Waals surface area contributed by atoms with Crippen LogP contribution in [0.1, 0.15) is 80.5 Å². The molecular weight excluding hydrogens is 300 g/mol. The molecule has 0 amide bonds. The molecule has 130 valence electrons. The van der Waals surface area contributed by atoms with E-state index in [1.807, 2.05) is 0 Å². The van der Waals surface area contributed by atoms with Gasteiger partial charge in [-0.3, -0.25) is 0 Å². The molecule has 0 N–H and O–H groups in total. The van der Waals surface area contributed by atoms with E-state index in [1.54, 1.807) is 0 Å².